The largest absolute Gasteiger partial charge is 0.409 e. The highest BCUT2D eigenvalue weighted by atomic mass is 79.9. The lowest BCUT2D eigenvalue weighted by molar-refractivity contribution is 0.318. The minimum Gasteiger partial charge on any atom is -0.409 e. The van der Waals surface area contributed by atoms with Crippen molar-refractivity contribution in [1.82, 2.24) is 0 Å². The number of halogens is 1. The van der Waals surface area contributed by atoms with Crippen LogP contribution in [0.2, 0.25) is 0 Å². The van der Waals surface area contributed by atoms with E-state index in [1.165, 1.54) is 25.7 Å². The van der Waals surface area contributed by atoms with Crippen LogP contribution in [0.25, 0.3) is 0 Å². The van der Waals surface area contributed by atoms with Crippen molar-refractivity contribution in [2.45, 2.75) is 25.7 Å². The monoisotopic (exact) mass is 325 g/mol. The molecule has 1 fully saturated rings. The van der Waals surface area contributed by atoms with E-state index in [1.54, 1.807) is 0 Å². The highest BCUT2D eigenvalue weighted by Gasteiger charge is 2.19. The molecule has 0 radical (unpaired) electrons. The SMILES string of the molecule is CN(CC1CCCC1)c1cc(Br)ccc1/C(N)=N/O. The predicted octanol–water partition coefficient (Wildman–Crippen LogP) is 3.17. The molecule has 0 aliphatic heterocycles. The van der Waals surface area contributed by atoms with Crippen LogP contribution in [0.15, 0.2) is 27.8 Å². The van der Waals surface area contributed by atoms with Crippen molar-refractivity contribution in [3.8, 4) is 0 Å². The van der Waals surface area contributed by atoms with Gasteiger partial charge in [0.25, 0.3) is 0 Å². The Kier molecular flexibility index (Phi) is 4.69. The fraction of sp³-hybridized carbons (Fsp3) is 0.500. The first kappa shape index (κ1) is 14.2. The van der Waals surface area contributed by atoms with Crippen LogP contribution in [-0.2, 0) is 0 Å². The normalized spacial score (nSPS) is 16.8. The van der Waals surface area contributed by atoms with Crippen LogP contribution in [0, 0.1) is 5.92 Å². The first-order valence-electron chi connectivity index (χ1n) is 6.60. The highest BCUT2D eigenvalue weighted by Crippen LogP contribution is 2.29. The van der Waals surface area contributed by atoms with Gasteiger partial charge in [0.2, 0.25) is 0 Å². The number of amidine groups is 1. The van der Waals surface area contributed by atoms with Gasteiger partial charge in [-0.25, -0.2) is 0 Å². The van der Waals surface area contributed by atoms with Crippen molar-refractivity contribution < 1.29 is 5.21 Å². The van der Waals surface area contributed by atoms with Gasteiger partial charge >= 0.3 is 0 Å². The van der Waals surface area contributed by atoms with E-state index in [0.29, 0.717) is 0 Å². The molecule has 1 aromatic rings. The smallest absolute Gasteiger partial charge is 0.172 e. The lowest BCUT2D eigenvalue weighted by Gasteiger charge is -2.25. The molecule has 19 heavy (non-hydrogen) atoms. The molecule has 1 aromatic carbocycles. The summed E-state index contributed by atoms with van der Waals surface area (Å²) >= 11 is 3.48. The maximum absolute atomic E-state index is 8.88. The number of oxime groups is 1. The van der Waals surface area contributed by atoms with Crippen molar-refractivity contribution in [2.75, 3.05) is 18.5 Å². The Labute approximate surface area is 122 Å². The van der Waals surface area contributed by atoms with Crippen LogP contribution < -0.4 is 10.6 Å². The molecule has 0 unspecified atom stereocenters. The fourth-order valence-corrected chi connectivity index (χ4v) is 3.12. The van der Waals surface area contributed by atoms with E-state index < -0.39 is 0 Å². The van der Waals surface area contributed by atoms with Crippen molar-refractivity contribution in [3.05, 3.63) is 28.2 Å². The average Bonchev–Trinajstić information content (AvgIpc) is 2.90. The Morgan fingerprint density at radius 2 is 2.16 bits per heavy atom. The van der Waals surface area contributed by atoms with Gasteiger partial charge in [-0.1, -0.05) is 33.9 Å². The van der Waals surface area contributed by atoms with Crippen LogP contribution >= 0.6 is 15.9 Å². The maximum atomic E-state index is 8.88. The molecule has 0 saturated heterocycles. The topological polar surface area (TPSA) is 61.8 Å². The van der Waals surface area contributed by atoms with Gasteiger partial charge in [-0.15, -0.1) is 0 Å². The summed E-state index contributed by atoms with van der Waals surface area (Å²) in [5.41, 5.74) is 7.52. The molecule has 5 heteroatoms. The predicted molar refractivity (Wildman–Crippen MR) is 81.9 cm³/mol. The van der Waals surface area contributed by atoms with E-state index >= 15 is 0 Å². The molecule has 1 saturated carbocycles. The number of benzene rings is 1. The second-order valence-corrected chi connectivity index (χ2v) is 6.09. The van der Waals surface area contributed by atoms with E-state index in [4.69, 9.17) is 10.9 Å². The average molecular weight is 326 g/mol. The maximum Gasteiger partial charge on any atom is 0.172 e. The van der Waals surface area contributed by atoms with Gasteiger partial charge in [-0.05, 0) is 37.0 Å². The molecule has 4 nitrogen and oxygen atoms in total. The van der Waals surface area contributed by atoms with Crippen molar-refractivity contribution in [3.63, 3.8) is 0 Å². The third kappa shape index (κ3) is 3.41. The molecule has 0 amide bonds. The summed E-state index contributed by atoms with van der Waals surface area (Å²) in [7, 11) is 2.06. The molecule has 0 heterocycles. The molecule has 3 N–H and O–H groups in total. The molecule has 0 aromatic heterocycles. The zero-order chi connectivity index (χ0) is 13.8. The molecular weight excluding hydrogens is 306 g/mol. The summed E-state index contributed by atoms with van der Waals surface area (Å²) in [4.78, 5) is 2.20. The molecule has 1 aliphatic rings. The molecular formula is C14H20BrN3O. The summed E-state index contributed by atoms with van der Waals surface area (Å²) in [6.07, 6.45) is 5.28. The summed E-state index contributed by atoms with van der Waals surface area (Å²) < 4.78 is 0.996. The second kappa shape index (κ2) is 6.28. The van der Waals surface area contributed by atoms with Crippen LogP contribution in [0.4, 0.5) is 5.69 Å². The van der Waals surface area contributed by atoms with Gasteiger partial charge in [0, 0.05) is 29.3 Å². The van der Waals surface area contributed by atoms with Crippen LogP contribution in [0.1, 0.15) is 31.2 Å². The van der Waals surface area contributed by atoms with Crippen molar-refractivity contribution in [2.24, 2.45) is 16.8 Å². The molecule has 0 spiro atoms. The Hall–Kier alpha value is -1.23. The first-order valence-corrected chi connectivity index (χ1v) is 7.39. The van der Waals surface area contributed by atoms with Gasteiger partial charge in [0.1, 0.15) is 0 Å². The Morgan fingerprint density at radius 1 is 1.47 bits per heavy atom. The molecule has 2 rings (SSSR count). The number of nitrogens with zero attached hydrogens (tertiary/aromatic N) is 2. The molecule has 0 bridgehead atoms. The number of anilines is 1. The van der Waals surface area contributed by atoms with Gasteiger partial charge in [-0.3, -0.25) is 0 Å². The van der Waals surface area contributed by atoms with Crippen LogP contribution in [0.3, 0.4) is 0 Å². The lowest BCUT2D eigenvalue weighted by atomic mass is 10.1. The Bertz CT molecular complexity index is 470. The quantitative estimate of drug-likeness (QED) is 0.387. The number of nitrogens with two attached hydrogens (primary N) is 1. The number of rotatable bonds is 4. The van der Waals surface area contributed by atoms with E-state index in [-0.39, 0.29) is 5.84 Å². The lowest BCUT2D eigenvalue weighted by Crippen LogP contribution is -2.27. The Morgan fingerprint density at radius 3 is 2.79 bits per heavy atom. The summed E-state index contributed by atoms with van der Waals surface area (Å²) in [5, 5.41) is 12.0. The number of hydrogen-bond acceptors (Lipinski definition) is 3. The third-order valence-corrected chi connectivity index (χ3v) is 4.25. The standard InChI is InChI=1S/C14H20BrN3O/c1-18(9-10-4-2-3-5-10)13-8-11(15)6-7-12(13)14(16)17-19/h6-8,10,19H,2-5,9H2,1H3,(H2,16,17). The van der Waals surface area contributed by atoms with E-state index in [9.17, 15) is 0 Å². The van der Waals surface area contributed by atoms with E-state index in [0.717, 1.165) is 28.2 Å². The zero-order valence-electron chi connectivity index (χ0n) is 11.1. The van der Waals surface area contributed by atoms with Gasteiger partial charge in [0.05, 0.1) is 0 Å². The molecule has 0 atom stereocenters. The zero-order valence-corrected chi connectivity index (χ0v) is 12.7. The molecule has 1 aliphatic carbocycles. The molecule has 104 valence electrons. The number of hydrogen-bond donors (Lipinski definition) is 2. The highest BCUT2D eigenvalue weighted by molar-refractivity contribution is 9.10. The Balaban J connectivity index is 2.23. The summed E-state index contributed by atoms with van der Waals surface area (Å²) in [5.74, 6) is 0.907. The van der Waals surface area contributed by atoms with Gasteiger partial charge in [-0.2, -0.15) is 0 Å². The summed E-state index contributed by atoms with van der Waals surface area (Å²) in [6, 6.07) is 5.79. The summed E-state index contributed by atoms with van der Waals surface area (Å²) in [6.45, 7) is 1.02. The van der Waals surface area contributed by atoms with E-state index in [1.807, 2.05) is 18.2 Å². The van der Waals surface area contributed by atoms with Gasteiger partial charge < -0.3 is 15.8 Å². The second-order valence-electron chi connectivity index (χ2n) is 5.18. The minimum absolute atomic E-state index is 0.153. The van der Waals surface area contributed by atoms with Crippen LogP contribution in [-0.4, -0.2) is 24.6 Å². The minimum atomic E-state index is 0.153. The fourth-order valence-electron chi connectivity index (χ4n) is 2.77. The van der Waals surface area contributed by atoms with Crippen LogP contribution in [0.5, 0.6) is 0 Å². The first-order chi connectivity index (χ1) is 9.11. The van der Waals surface area contributed by atoms with Crippen molar-refractivity contribution in [1.29, 1.82) is 0 Å². The van der Waals surface area contributed by atoms with Gasteiger partial charge in [0.15, 0.2) is 5.84 Å². The third-order valence-electron chi connectivity index (χ3n) is 3.76. The van der Waals surface area contributed by atoms with Crippen molar-refractivity contribution >= 4 is 27.5 Å². The van der Waals surface area contributed by atoms with E-state index in [2.05, 4.69) is 33.0 Å².